The summed E-state index contributed by atoms with van der Waals surface area (Å²) in [6.45, 7) is 4.00. The quantitative estimate of drug-likeness (QED) is 0.644. The average Bonchev–Trinajstić information content (AvgIpc) is 2.21. The maximum Gasteiger partial charge on any atom is 0.0764 e. The van der Waals surface area contributed by atoms with Crippen LogP contribution >= 0.6 is 0 Å². The molecule has 0 spiro atoms. The van der Waals surface area contributed by atoms with E-state index in [1.165, 1.54) is 11.1 Å². The van der Waals surface area contributed by atoms with Crippen molar-refractivity contribution in [3.05, 3.63) is 41.5 Å². The van der Waals surface area contributed by atoms with E-state index < -0.39 is 0 Å². The maximum absolute atomic E-state index is 9.27. The molecule has 1 aromatic carbocycles. The van der Waals surface area contributed by atoms with Gasteiger partial charge in [-0.15, -0.1) is 0 Å². The third kappa shape index (κ3) is 2.43. The van der Waals surface area contributed by atoms with Crippen LogP contribution in [0.25, 0.3) is 6.08 Å². The van der Waals surface area contributed by atoms with E-state index in [9.17, 15) is 5.11 Å². The van der Waals surface area contributed by atoms with Gasteiger partial charge in [-0.2, -0.15) is 0 Å². The summed E-state index contributed by atoms with van der Waals surface area (Å²) < 4.78 is 0. The first-order chi connectivity index (χ1) is 6.36. The predicted molar refractivity (Wildman–Crippen MR) is 56.5 cm³/mol. The topological polar surface area (TPSA) is 20.2 Å². The van der Waals surface area contributed by atoms with Crippen LogP contribution in [-0.2, 0) is 6.42 Å². The fourth-order valence-electron chi connectivity index (χ4n) is 1.39. The van der Waals surface area contributed by atoms with E-state index in [0.29, 0.717) is 0 Å². The second kappa shape index (κ2) is 4.83. The van der Waals surface area contributed by atoms with E-state index >= 15 is 0 Å². The first-order valence-corrected chi connectivity index (χ1v) is 4.80. The fraction of sp³-hybridized carbons (Fsp3) is 0.333. The largest absolute Gasteiger partial charge is 0.389 e. The zero-order valence-electron chi connectivity index (χ0n) is 8.20. The van der Waals surface area contributed by atoms with E-state index in [1.54, 1.807) is 0 Å². The summed E-state index contributed by atoms with van der Waals surface area (Å²) >= 11 is 0. The Labute approximate surface area is 79.7 Å². The smallest absolute Gasteiger partial charge is 0.0764 e. The van der Waals surface area contributed by atoms with Gasteiger partial charge in [-0.1, -0.05) is 50.3 Å². The molecule has 1 nitrogen and oxygen atoms in total. The van der Waals surface area contributed by atoms with Crippen LogP contribution in [0.2, 0.25) is 0 Å². The van der Waals surface area contributed by atoms with Crippen LogP contribution in [0.3, 0.4) is 0 Å². The lowest BCUT2D eigenvalue weighted by Gasteiger charge is -2.13. The molecule has 2 rings (SSSR count). The number of benzene rings is 1. The van der Waals surface area contributed by atoms with Crippen molar-refractivity contribution in [3.8, 4) is 0 Å². The molecule has 1 aliphatic rings. The van der Waals surface area contributed by atoms with Crippen LogP contribution in [0.5, 0.6) is 0 Å². The Morgan fingerprint density at radius 2 is 1.92 bits per heavy atom. The van der Waals surface area contributed by atoms with Gasteiger partial charge < -0.3 is 5.11 Å². The van der Waals surface area contributed by atoms with Gasteiger partial charge in [0.1, 0.15) is 0 Å². The summed E-state index contributed by atoms with van der Waals surface area (Å²) in [5, 5.41) is 9.27. The molecule has 1 heteroatoms. The van der Waals surface area contributed by atoms with Crippen molar-refractivity contribution in [2.24, 2.45) is 0 Å². The lowest BCUT2D eigenvalue weighted by molar-refractivity contribution is 0.223. The second-order valence-corrected chi connectivity index (χ2v) is 2.83. The van der Waals surface area contributed by atoms with E-state index in [0.717, 1.165) is 6.42 Å². The molecule has 0 unspecified atom stereocenters. The molecule has 0 fully saturated rings. The number of rotatable bonds is 0. The van der Waals surface area contributed by atoms with Gasteiger partial charge in [-0.05, 0) is 11.1 Å². The minimum absolute atomic E-state index is 0.287. The maximum atomic E-state index is 9.27. The van der Waals surface area contributed by atoms with Crippen molar-refractivity contribution >= 4 is 6.08 Å². The summed E-state index contributed by atoms with van der Waals surface area (Å²) in [5.41, 5.74) is 2.47. The Bertz CT molecular complexity index is 289. The van der Waals surface area contributed by atoms with E-state index in [4.69, 9.17) is 0 Å². The standard InChI is InChI=1S/C10H10O.C2H6/c11-10-6-5-8-3-1-2-4-9(8)7-10;1-2/h1-6,10-11H,7H2;1-2H3/t10-;/m0./s1. The Kier molecular flexibility index (Phi) is 3.71. The van der Waals surface area contributed by atoms with Gasteiger partial charge in [0.15, 0.2) is 0 Å². The molecule has 1 N–H and O–H groups in total. The van der Waals surface area contributed by atoms with Crippen LogP contribution in [0, 0.1) is 0 Å². The number of aliphatic hydroxyl groups excluding tert-OH is 1. The van der Waals surface area contributed by atoms with Gasteiger partial charge in [0.2, 0.25) is 0 Å². The highest BCUT2D eigenvalue weighted by atomic mass is 16.3. The normalized spacial score (nSPS) is 18.5. The van der Waals surface area contributed by atoms with Crippen LogP contribution in [0.15, 0.2) is 30.3 Å². The van der Waals surface area contributed by atoms with Crippen LogP contribution in [-0.4, -0.2) is 11.2 Å². The molecule has 0 radical (unpaired) electrons. The average molecular weight is 176 g/mol. The summed E-state index contributed by atoms with van der Waals surface area (Å²) in [4.78, 5) is 0. The fourth-order valence-corrected chi connectivity index (χ4v) is 1.39. The lowest BCUT2D eigenvalue weighted by atomic mass is 9.96. The van der Waals surface area contributed by atoms with Gasteiger partial charge in [0.05, 0.1) is 6.10 Å². The minimum Gasteiger partial charge on any atom is -0.389 e. The number of hydrogen-bond donors (Lipinski definition) is 1. The van der Waals surface area contributed by atoms with Crippen molar-refractivity contribution in [2.75, 3.05) is 0 Å². The molecule has 0 aromatic heterocycles. The molecule has 13 heavy (non-hydrogen) atoms. The first kappa shape index (κ1) is 10.0. The molecule has 1 aliphatic carbocycles. The van der Waals surface area contributed by atoms with Crippen molar-refractivity contribution in [3.63, 3.8) is 0 Å². The van der Waals surface area contributed by atoms with Gasteiger partial charge >= 0.3 is 0 Å². The van der Waals surface area contributed by atoms with E-state index in [2.05, 4.69) is 12.1 Å². The van der Waals surface area contributed by atoms with Crippen molar-refractivity contribution in [1.82, 2.24) is 0 Å². The zero-order chi connectivity index (χ0) is 9.68. The van der Waals surface area contributed by atoms with Gasteiger partial charge in [0, 0.05) is 6.42 Å². The van der Waals surface area contributed by atoms with Crippen molar-refractivity contribution < 1.29 is 5.11 Å². The van der Waals surface area contributed by atoms with Crippen LogP contribution < -0.4 is 0 Å². The zero-order valence-corrected chi connectivity index (χ0v) is 8.20. The number of fused-ring (bicyclic) bond motifs is 1. The van der Waals surface area contributed by atoms with E-state index in [-0.39, 0.29) is 6.10 Å². The lowest BCUT2D eigenvalue weighted by Crippen LogP contribution is -2.10. The molecule has 0 amide bonds. The summed E-state index contributed by atoms with van der Waals surface area (Å²) in [7, 11) is 0. The molecular weight excluding hydrogens is 160 g/mol. The van der Waals surface area contributed by atoms with Gasteiger partial charge in [0.25, 0.3) is 0 Å². The van der Waals surface area contributed by atoms with Gasteiger partial charge in [-0.3, -0.25) is 0 Å². The highest BCUT2D eigenvalue weighted by Crippen LogP contribution is 2.18. The molecule has 0 saturated heterocycles. The molecule has 0 aliphatic heterocycles. The third-order valence-electron chi connectivity index (χ3n) is 1.98. The molecule has 0 saturated carbocycles. The third-order valence-corrected chi connectivity index (χ3v) is 1.98. The molecule has 1 atom stereocenters. The second-order valence-electron chi connectivity index (χ2n) is 2.83. The van der Waals surface area contributed by atoms with Gasteiger partial charge in [-0.25, -0.2) is 0 Å². The summed E-state index contributed by atoms with van der Waals surface area (Å²) in [5.74, 6) is 0. The van der Waals surface area contributed by atoms with Crippen LogP contribution in [0.1, 0.15) is 25.0 Å². The summed E-state index contributed by atoms with van der Waals surface area (Å²) in [6.07, 6.45) is 4.28. The van der Waals surface area contributed by atoms with Crippen molar-refractivity contribution in [1.29, 1.82) is 0 Å². The Morgan fingerprint density at radius 3 is 2.69 bits per heavy atom. The molecular formula is C12H16O. The Balaban J connectivity index is 0.000000396. The summed E-state index contributed by atoms with van der Waals surface area (Å²) in [6, 6.07) is 8.14. The Morgan fingerprint density at radius 1 is 1.23 bits per heavy atom. The highest BCUT2D eigenvalue weighted by molar-refractivity contribution is 5.56. The molecule has 70 valence electrons. The van der Waals surface area contributed by atoms with Crippen LogP contribution in [0.4, 0.5) is 0 Å². The Hall–Kier alpha value is -1.08. The van der Waals surface area contributed by atoms with E-state index in [1.807, 2.05) is 38.1 Å². The molecule has 1 aromatic rings. The first-order valence-electron chi connectivity index (χ1n) is 4.80. The number of aliphatic hydroxyl groups is 1. The minimum atomic E-state index is -0.287. The molecule has 0 heterocycles. The predicted octanol–water partition coefficient (Wildman–Crippen LogP) is 2.64. The monoisotopic (exact) mass is 176 g/mol. The van der Waals surface area contributed by atoms with Crippen molar-refractivity contribution in [2.45, 2.75) is 26.4 Å². The SMILES string of the molecule is CC.O[C@H]1C=Cc2ccccc2C1. The highest BCUT2D eigenvalue weighted by Gasteiger charge is 2.08. The molecule has 0 bridgehead atoms. The number of hydrogen-bond acceptors (Lipinski definition) is 1.